The van der Waals surface area contributed by atoms with Gasteiger partial charge in [0.05, 0.1) is 0 Å². The summed E-state index contributed by atoms with van der Waals surface area (Å²) in [5.41, 5.74) is 2.58. The number of nitrogens with one attached hydrogen (secondary N) is 1. The first-order valence-corrected chi connectivity index (χ1v) is 8.06. The van der Waals surface area contributed by atoms with Crippen molar-refractivity contribution in [2.24, 2.45) is 0 Å². The predicted molar refractivity (Wildman–Crippen MR) is 89.7 cm³/mol. The van der Waals surface area contributed by atoms with E-state index in [1.54, 1.807) is 0 Å². The zero-order valence-electron chi connectivity index (χ0n) is 12.8. The summed E-state index contributed by atoms with van der Waals surface area (Å²) < 4.78 is 0. The monoisotopic (exact) mass is 288 g/mol. The molecule has 0 radical (unpaired) electrons. The highest BCUT2D eigenvalue weighted by atomic mass is 32.1. The van der Waals surface area contributed by atoms with E-state index in [1.807, 2.05) is 11.3 Å². The SMILES string of the molecule is CCC(NC(C)c1ccc(N(C)C)cc1)c1cccs1. The molecule has 0 bridgehead atoms. The molecular weight excluding hydrogens is 264 g/mol. The van der Waals surface area contributed by atoms with Gasteiger partial charge in [0, 0.05) is 36.7 Å². The quantitative estimate of drug-likeness (QED) is 0.834. The van der Waals surface area contributed by atoms with Gasteiger partial charge >= 0.3 is 0 Å². The molecule has 0 spiro atoms. The van der Waals surface area contributed by atoms with Gasteiger partial charge in [-0.15, -0.1) is 11.3 Å². The van der Waals surface area contributed by atoms with E-state index >= 15 is 0 Å². The fourth-order valence-electron chi connectivity index (χ4n) is 2.35. The van der Waals surface area contributed by atoms with E-state index < -0.39 is 0 Å². The summed E-state index contributed by atoms with van der Waals surface area (Å²) >= 11 is 1.83. The molecule has 2 rings (SSSR count). The maximum absolute atomic E-state index is 3.73. The minimum absolute atomic E-state index is 0.360. The molecule has 2 aromatic rings. The molecule has 1 aromatic carbocycles. The average Bonchev–Trinajstić information content (AvgIpc) is 2.98. The third-order valence-corrected chi connectivity index (χ3v) is 4.64. The highest BCUT2D eigenvalue weighted by Gasteiger charge is 2.14. The van der Waals surface area contributed by atoms with E-state index in [9.17, 15) is 0 Å². The lowest BCUT2D eigenvalue weighted by molar-refractivity contribution is 0.462. The molecule has 108 valence electrons. The Morgan fingerprint density at radius 3 is 2.35 bits per heavy atom. The summed E-state index contributed by atoms with van der Waals surface area (Å²) in [7, 11) is 4.14. The molecule has 1 heterocycles. The number of benzene rings is 1. The highest BCUT2D eigenvalue weighted by molar-refractivity contribution is 7.10. The van der Waals surface area contributed by atoms with Gasteiger partial charge in [-0.3, -0.25) is 0 Å². The molecule has 1 aromatic heterocycles. The normalized spacial score (nSPS) is 14.0. The van der Waals surface area contributed by atoms with E-state index in [-0.39, 0.29) is 0 Å². The van der Waals surface area contributed by atoms with Crippen molar-refractivity contribution in [1.29, 1.82) is 0 Å². The van der Waals surface area contributed by atoms with Crippen LogP contribution in [0.3, 0.4) is 0 Å². The number of hydrogen-bond acceptors (Lipinski definition) is 3. The van der Waals surface area contributed by atoms with Crippen molar-refractivity contribution in [3.63, 3.8) is 0 Å². The van der Waals surface area contributed by atoms with E-state index in [1.165, 1.54) is 16.1 Å². The Morgan fingerprint density at radius 1 is 1.15 bits per heavy atom. The van der Waals surface area contributed by atoms with Crippen molar-refractivity contribution >= 4 is 17.0 Å². The number of hydrogen-bond donors (Lipinski definition) is 1. The summed E-state index contributed by atoms with van der Waals surface area (Å²) in [6, 6.07) is 13.9. The lowest BCUT2D eigenvalue weighted by atomic mass is 10.1. The van der Waals surface area contributed by atoms with Gasteiger partial charge in [0.15, 0.2) is 0 Å². The standard InChI is InChI=1S/C17H24N2S/c1-5-16(17-7-6-12-20-17)18-13(2)14-8-10-15(11-9-14)19(3)4/h6-13,16,18H,5H2,1-4H3. The molecule has 0 aliphatic heterocycles. The molecule has 0 saturated heterocycles. The summed E-state index contributed by atoms with van der Waals surface area (Å²) in [5, 5.41) is 5.88. The molecule has 0 aliphatic rings. The zero-order valence-corrected chi connectivity index (χ0v) is 13.6. The fourth-order valence-corrected chi connectivity index (χ4v) is 3.22. The molecule has 20 heavy (non-hydrogen) atoms. The highest BCUT2D eigenvalue weighted by Crippen LogP contribution is 2.26. The van der Waals surface area contributed by atoms with Crippen molar-refractivity contribution in [1.82, 2.24) is 5.32 Å². The van der Waals surface area contributed by atoms with Crippen molar-refractivity contribution in [2.75, 3.05) is 19.0 Å². The van der Waals surface area contributed by atoms with E-state index in [4.69, 9.17) is 0 Å². The van der Waals surface area contributed by atoms with Crippen LogP contribution in [0.2, 0.25) is 0 Å². The first kappa shape index (κ1) is 15.1. The van der Waals surface area contributed by atoms with E-state index in [0.717, 1.165) is 6.42 Å². The number of thiophene rings is 1. The minimum Gasteiger partial charge on any atom is -0.378 e. The lowest BCUT2D eigenvalue weighted by Crippen LogP contribution is -2.23. The van der Waals surface area contributed by atoms with Crippen LogP contribution in [0.4, 0.5) is 5.69 Å². The Labute approximate surface area is 126 Å². The zero-order chi connectivity index (χ0) is 14.5. The van der Waals surface area contributed by atoms with Gasteiger partial charge in [0.2, 0.25) is 0 Å². The molecule has 0 amide bonds. The number of rotatable bonds is 6. The molecule has 0 aliphatic carbocycles. The third-order valence-electron chi connectivity index (χ3n) is 3.66. The van der Waals surface area contributed by atoms with Crippen LogP contribution in [0.1, 0.15) is 42.8 Å². The molecule has 1 N–H and O–H groups in total. The minimum atomic E-state index is 0.360. The van der Waals surface area contributed by atoms with Crippen LogP contribution in [0.5, 0.6) is 0 Å². The molecule has 0 fully saturated rings. The van der Waals surface area contributed by atoms with Crippen LogP contribution in [-0.2, 0) is 0 Å². The first-order chi connectivity index (χ1) is 9.61. The fraction of sp³-hybridized carbons (Fsp3) is 0.412. The summed E-state index contributed by atoms with van der Waals surface area (Å²) in [6.07, 6.45) is 1.11. The molecule has 0 saturated carbocycles. The molecule has 2 nitrogen and oxygen atoms in total. The van der Waals surface area contributed by atoms with Gasteiger partial charge < -0.3 is 10.2 Å². The average molecular weight is 288 g/mol. The van der Waals surface area contributed by atoms with Crippen LogP contribution in [-0.4, -0.2) is 14.1 Å². The van der Waals surface area contributed by atoms with Crippen molar-refractivity contribution in [3.8, 4) is 0 Å². The van der Waals surface area contributed by atoms with Gasteiger partial charge in [-0.2, -0.15) is 0 Å². The van der Waals surface area contributed by atoms with Crippen molar-refractivity contribution < 1.29 is 0 Å². The molecule has 2 unspecified atom stereocenters. The predicted octanol–water partition coefficient (Wildman–Crippen LogP) is 4.62. The van der Waals surface area contributed by atoms with E-state index in [0.29, 0.717) is 12.1 Å². The van der Waals surface area contributed by atoms with Crippen LogP contribution in [0.15, 0.2) is 41.8 Å². The first-order valence-electron chi connectivity index (χ1n) is 7.18. The maximum Gasteiger partial charge on any atom is 0.0416 e. The third kappa shape index (κ3) is 3.62. The Balaban J connectivity index is 2.05. The second-order valence-electron chi connectivity index (χ2n) is 5.35. The largest absolute Gasteiger partial charge is 0.378 e. The van der Waals surface area contributed by atoms with Gasteiger partial charge in [0.1, 0.15) is 0 Å². The summed E-state index contributed by atoms with van der Waals surface area (Å²) in [4.78, 5) is 3.55. The number of anilines is 1. The smallest absolute Gasteiger partial charge is 0.0416 e. The second-order valence-corrected chi connectivity index (χ2v) is 6.33. The Bertz CT molecular complexity index is 502. The van der Waals surface area contributed by atoms with E-state index in [2.05, 4.69) is 79.9 Å². The van der Waals surface area contributed by atoms with Crippen molar-refractivity contribution in [3.05, 3.63) is 52.2 Å². The number of nitrogens with zero attached hydrogens (tertiary/aromatic N) is 1. The van der Waals surface area contributed by atoms with Crippen LogP contribution < -0.4 is 10.2 Å². The van der Waals surface area contributed by atoms with Crippen LogP contribution >= 0.6 is 11.3 Å². The summed E-state index contributed by atoms with van der Waals surface area (Å²) in [5.74, 6) is 0. The topological polar surface area (TPSA) is 15.3 Å². The second kappa shape index (κ2) is 6.91. The van der Waals surface area contributed by atoms with Gasteiger partial charge in [-0.25, -0.2) is 0 Å². The van der Waals surface area contributed by atoms with Crippen molar-refractivity contribution in [2.45, 2.75) is 32.4 Å². The van der Waals surface area contributed by atoms with Gasteiger partial charge in [0.25, 0.3) is 0 Å². The Hall–Kier alpha value is -1.32. The van der Waals surface area contributed by atoms with Crippen LogP contribution in [0.25, 0.3) is 0 Å². The van der Waals surface area contributed by atoms with Gasteiger partial charge in [-0.1, -0.05) is 25.1 Å². The van der Waals surface area contributed by atoms with Crippen LogP contribution in [0, 0.1) is 0 Å². The summed E-state index contributed by atoms with van der Waals surface area (Å²) in [6.45, 7) is 4.47. The Morgan fingerprint density at radius 2 is 1.85 bits per heavy atom. The lowest BCUT2D eigenvalue weighted by Gasteiger charge is -2.22. The van der Waals surface area contributed by atoms with Gasteiger partial charge in [-0.05, 0) is 42.5 Å². The molecular formula is C17H24N2S. The maximum atomic E-state index is 3.73. The Kier molecular flexibility index (Phi) is 5.21. The molecule has 2 atom stereocenters. The molecule has 3 heteroatoms.